The molecule has 0 radical (unpaired) electrons. The summed E-state index contributed by atoms with van der Waals surface area (Å²) in [6.07, 6.45) is 0.496. The van der Waals surface area contributed by atoms with Crippen LogP contribution in [0.1, 0.15) is 35.3 Å². The summed E-state index contributed by atoms with van der Waals surface area (Å²) in [5.41, 5.74) is 2.68. The average Bonchev–Trinajstić information content (AvgIpc) is 2.95. The van der Waals surface area contributed by atoms with Crippen molar-refractivity contribution in [3.63, 3.8) is 0 Å². The first-order chi connectivity index (χ1) is 19.3. The molecule has 1 saturated heterocycles. The molecule has 40 heavy (non-hydrogen) atoms. The molecular formula is C30H31FN6O3. The van der Waals surface area contributed by atoms with E-state index in [1.807, 2.05) is 12.1 Å². The molecular weight excluding hydrogens is 511 g/mol. The zero-order valence-corrected chi connectivity index (χ0v) is 22.5. The minimum Gasteiger partial charge on any atom is -0.369 e. The number of pyridine rings is 1. The van der Waals surface area contributed by atoms with E-state index in [9.17, 15) is 24.0 Å². The fourth-order valence-electron chi connectivity index (χ4n) is 4.79. The Morgan fingerprint density at radius 3 is 2.58 bits per heavy atom. The molecule has 206 valence electrons. The van der Waals surface area contributed by atoms with Gasteiger partial charge in [0.25, 0.3) is 5.91 Å². The number of carbonyl (C=O) groups excluding carboxylic acids is 3. The first kappa shape index (κ1) is 28.2. The zero-order valence-electron chi connectivity index (χ0n) is 22.5. The standard InChI is InChI=1S/C30H31FN6O3/c1-20(38)36-14-15-37(21(2)39)25(19-36)18-34-30(40)27-10-11-28(26-9-4-3-7-23(26)17-32)35-29(27)33-13-12-22-6-5-8-24(31)16-22/h3-11,16,25H,12-15,18-19H2,1-2H3,(H,33,35)(H,34,40)/t25-/m0/s1. The molecule has 3 amide bonds. The Morgan fingerprint density at radius 1 is 1.05 bits per heavy atom. The molecule has 0 bridgehead atoms. The lowest BCUT2D eigenvalue weighted by Crippen LogP contribution is -2.59. The van der Waals surface area contributed by atoms with Crippen molar-refractivity contribution in [3.8, 4) is 17.3 Å². The lowest BCUT2D eigenvalue weighted by molar-refractivity contribution is -0.140. The molecule has 3 aromatic rings. The largest absolute Gasteiger partial charge is 0.369 e. The Kier molecular flexibility index (Phi) is 9.07. The number of hydrogen-bond acceptors (Lipinski definition) is 6. The Labute approximate surface area is 232 Å². The third kappa shape index (κ3) is 6.80. The van der Waals surface area contributed by atoms with E-state index in [0.29, 0.717) is 55.2 Å². The summed E-state index contributed by atoms with van der Waals surface area (Å²) < 4.78 is 13.6. The van der Waals surface area contributed by atoms with Crippen LogP contribution in [0.3, 0.4) is 0 Å². The van der Waals surface area contributed by atoms with Crippen LogP contribution in [0, 0.1) is 17.1 Å². The number of hydrogen-bond donors (Lipinski definition) is 2. The molecule has 10 heteroatoms. The fourth-order valence-corrected chi connectivity index (χ4v) is 4.79. The molecule has 0 unspecified atom stereocenters. The van der Waals surface area contributed by atoms with Crippen molar-refractivity contribution in [1.82, 2.24) is 20.1 Å². The minimum atomic E-state index is -0.399. The van der Waals surface area contributed by atoms with Crippen molar-refractivity contribution in [3.05, 3.63) is 83.2 Å². The van der Waals surface area contributed by atoms with Crippen LogP contribution in [0.15, 0.2) is 60.7 Å². The van der Waals surface area contributed by atoms with Gasteiger partial charge in [-0.2, -0.15) is 5.26 Å². The van der Waals surface area contributed by atoms with Crippen LogP contribution in [0.25, 0.3) is 11.3 Å². The Hall–Kier alpha value is -4.78. The number of amides is 3. The van der Waals surface area contributed by atoms with Gasteiger partial charge in [0.2, 0.25) is 11.8 Å². The number of piperazine rings is 1. The summed E-state index contributed by atoms with van der Waals surface area (Å²) in [5, 5.41) is 15.6. The van der Waals surface area contributed by atoms with Crippen LogP contribution in [0.5, 0.6) is 0 Å². The molecule has 4 rings (SSSR count). The van der Waals surface area contributed by atoms with Crippen LogP contribution < -0.4 is 10.6 Å². The summed E-state index contributed by atoms with van der Waals surface area (Å²) in [7, 11) is 0. The highest BCUT2D eigenvalue weighted by atomic mass is 19.1. The van der Waals surface area contributed by atoms with E-state index < -0.39 is 5.91 Å². The molecule has 9 nitrogen and oxygen atoms in total. The van der Waals surface area contributed by atoms with Crippen LogP contribution in [-0.4, -0.2) is 71.3 Å². The van der Waals surface area contributed by atoms with Gasteiger partial charge in [0.1, 0.15) is 11.6 Å². The molecule has 2 heterocycles. The van der Waals surface area contributed by atoms with Crippen molar-refractivity contribution < 1.29 is 18.8 Å². The zero-order chi connectivity index (χ0) is 28.6. The molecule has 1 fully saturated rings. The van der Waals surface area contributed by atoms with Crippen LogP contribution in [-0.2, 0) is 16.0 Å². The normalized spacial score (nSPS) is 14.8. The number of carbonyl (C=O) groups is 3. The van der Waals surface area contributed by atoms with Crippen LogP contribution in [0.4, 0.5) is 10.2 Å². The molecule has 0 spiro atoms. The fraction of sp³-hybridized carbons (Fsp3) is 0.300. The smallest absolute Gasteiger partial charge is 0.255 e. The SMILES string of the molecule is CC(=O)N1CCN(C(C)=O)[C@@H](CNC(=O)c2ccc(-c3ccccc3C#N)nc2NCCc2cccc(F)c2)C1. The highest BCUT2D eigenvalue weighted by Crippen LogP contribution is 2.25. The number of nitrogens with one attached hydrogen (secondary N) is 2. The second-order valence-electron chi connectivity index (χ2n) is 9.60. The maximum absolute atomic E-state index is 13.6. The quantitative estimate of drug-likeness (QED) is 0.451. The highest BCUT2D eigenvalue weighted by Gasteiger charge is 2.30. The number of rotatable bonds is 8. The molecule has 1 aliphatic rings. The number of halogens is 1. The first-order valence-corrected chi connectivity index (χ1v) is 13.1. The number of nitriles is 1. The Morgan fingerprint density at radius 2 is 1.85 bits per heavy atom. The van der Waals surface area contributed by atoms with Gasteiger partial charge >= 0.3 is 0 Å². The van der Waals surface area contributed by atoms with Gasteiger partial charge in [0.05, 0.1) is 28.9 Å². The highest BCUT2D eigenvalue weighted by molar-refractivity contribution is 5.99. The van der Waals surface area contributed by atoms with Crippen molar-refractivity contribution in [2.45, 2.75) is 26.3 Å². The van der Waals surface area contributed by atoms with E-state index in [1.165, 1.54) is 26.0 Å². The van der Waals surface area contributed by atoms with Crippen LogP contribution in [0.2, 0.25) is 0 Å². The van der Waals surface area contributed by atoms with Gasteiger partial charge in [-0.25, -0.2) is 9.37 Å². The van der Waals surface area contributed by atoms with Crippen molar-refractivity contribution >= 4 is 23.5 Å². The van der Waals surface area contributed by atoms with Gasteiger partial charge in [-0.05, 0) is 42.3 Å². The van der Waals surface area contributed by atoms with E-state index in [0.717, 1.165) is 5.56 Å². The van der Waals surface area contributed by atoms with Crippen molar-refractivity contribution in [1.29, 1.82) is 5.26 Å². The summed E-state index contributed by atoms with van der Waals surface area (Å²) in [5.74, 6) is -0.608. The third-order valence-electron chi connectivity index (χ3n) is 6.89. The maximum Gasteiger partial charge on any atom is 0.255 e. The van der Waals surface area contributed by atoms with Gasteiger partial charge < -0.3 is 20.4 Å². The van der Waals surface area contributed by atoms with E-state index in [1.54, 1.807) is 46.2 Å². The first-order valence-electron chi connectivity index (χ1n) is 13.1. The molecule has 1 atom stereocenters. The van der Waals surface area contributed by atoms with Gasteiger partial charge in [-0.15, -0.1) is 0 Å². The molecule has 1 aromatic heterocycles. The predicted molar refractivity (Wildman–Crippen MR) is 149 cm³/mol. The van der Waals surface area contributed by atoms with Gasteiger partial charge in [0.15, 0.2) is 0 Å². The summed E-state index contributed by atoms with van der Waals surface area (Å²) >= 11 is 0. The molecule has 1 aliphatic heterocycles. The summed E-state index contributed by atoms with van der Waals surface area (Å²) in [6, 6.07) is 18.5. The second kappa shape index (κ2) is 12.8. The number of nitrogens with zero attached hydrogens (tertiary/aromatic N) is 4. The minimum absolute atomic E-state index is 0.0817. The van der Waals surface area contributed by atoms with Gasteiger partial charge in [-0.3, -0.25) is 14.4 Å². The van der Waals surface area contributed by atoms with E-state index in [-0.39, 0.29) is 35.8 Å². The third-order valence-corrected chi connectivity index (χ3v) is 6.89. The average molecular weight is 543 g/mol. The summed E-state index contributed by atoms with van der Waals surface area (Å²) in [6.45, 7) is 4.68. The maximum atomic E-state index is 13.6. The monoisotopic (exact) mass is 542 g/mol. The van der Waals surface area contributed by atoms with E-state index >= 15 is 0 Å². The topological polar surface area (TPSA) is 118 Å². The van der Waals surface area contributed by atoms with Gasteiger partial charge in [0, 0.05) is 52.1 Å². The molecule has 0 saturated carbocycles. The second-order valence-corrected chi connectivity index (χ2v) is 9.60. The van der Waals surface area contributed by atoms with Gasteiger partial charge in [-0.1, -0.05) is 30.3 Å². The van der Waals surface area contributed by atoms with E-state index in [4.69, 9.17) is 0 Å². The van der Waals surface area contributed by atoms with Crippen LogP contribution >= 0.6 is 0 Å². The Balaban J connectivity index is 1.56. The van der Waals surface area contributed by atoms with Crippen molar-refractivity contribution in [2.24, 2.45) is 0 Å². The summed E-state index contributed by atoms with van der Waals surface area (Å²) in [4.78, 5) is 45.5. The number of anilines is 1. The molecule has 2 aromatic carbocycles. The number of aromatic nitrogens is 1. The predicted octanol–water partition coefficient (Wildman–Crippen LogP) is 3.22. The molecule has 2 N–H and O–H groups in total. The molecule has 0 aliphatic carbocycles. The lowest BCUT2D eigenvalue weighted by Gasteiger charge is -2.40. The Bertz CT molecular complexity index is 1450. The van der Waals surface area contributed by atoms with E-state index in [2.05, 4.69) is 21.7 Å². The van der Waals surface area contributed by atoms with Crippen molar-refractivity contribution in [2.75, 3.05) is 38.0 Å². The lowest BCUT2D eigenvalue weighted by atomic mass is 10.0. The number of benzene rings is 2.